The lowest BCUT2D eigenvalue weighted by atomic mass is 10.3. The number of anilines is 1. The van der Waals surface area contributed by atoms with Crippen molar-refractivity contribution in [2.24, 2.45) is 5.73 Å². The summed E-state index contributed by atoms with van der Waals surface area (Å²) in [6, 6.07) is 3.74. The predicted octanol–water partition coefficient (Wildman–Crippen LogP) is 1.83. The smallest absolute Gasteiger partial charge is 0.122 e. The van der Waals surface area contributed by atoms with Crippen LogP contribution in [0.1, 0.15) is 10.7 Å². The Morgan fingerprint density at radius 1 is 1.41 bits per heavy atom. The number of nitrogens with two attached hydrogens (primary N) is 1. The van der Waals surface area contributed by atoms with E-state index in [0.717, 1.165) is 23.7 Å². The van der Waals surface area contributed by atoms with E-state index in [1.807, 2.05) is 23.7 Å². The molecule has 0 aliphatic rings. The van der Waals surface area contributed by atoms with Crippen LogP contribution in [0.15, 0.2) is 29.9 Å². The van der Waals surface area contributed by atoms with E-state index in [9.17, 15) is 0 Å². The topological polar surface area (TPSA) is 63.8 Å². The van der Waals surface area contributed by atoms with E-state index < -0.39 is 0 Å². The molecule has 17 heavy (non-hydrogen) atoms. The molecule has 2 heterocycles. The molecule has 0 aliphatic carbocycles. The van der Waals surface area contributed by atoms with Crippen molar-refractivity contribution in [2.45, 2.75) is 6.42 Å². The second kappa shape index (κ2) is 5.70. The molecule has 0 atom stereocenters. The zero-order valence-electron chi connectivity index (χ0n) is 9.09. The second-order valence-corrected chi connectivity index (χ2v) is 4.82. The van der Waals surface area contributed by atoms with Gasteiger partial charge in [0, 0.05) is 36.4 Å². The van der Waals surface area contributed by atoms with Crippen molar-refractivity contribution in [2.75, 3.05) is 11.9 Å². The summed E-state index contributed by atoms with van der Waals surface area (Å²) >= 11 is 6.54. The average Bonchev–Trinajstić information content (AvgIpc) is 2.82. The number of rotatable bonds is 5. The third-order valence-electron chi connectivity index (χ3n) is 2.16. The molecular formula is C11H12N4S2. The van der Waals surface area contributed by atoms with E-state index in [1.165, 1.54) is 0 Å². The number of thiazole rings is 1. The van der Waals surface area contributed by atoms with Gasteiger partial charge in [-0.1, -0.05) is 12.2 Å². The van der Waals surface area contributed by atoms with Gasteiger partial charge in [0.05, 0.1) is 10.7 Å². The Morgan fingerprint density at radius 2 is 2.29 bits per heavy atom. The third kappa shape index (κ3) is 3.47. The first-order valence-electron chi connectivity index (χ1n) is 5.14. The SMILES string of the molecule is NC(=S)c1cc(NCCc2nccs2)ccn1. The molecule has 0 spiro atoms. The summed E-state index contributed by atoms with van der Waals surface area (Å²) < 4.78 is 0. The molecule has 2 aromatic rings. The summed E-state index contributed by atoms with van der Waals surface area (Å²) in [4.78, 5) is 8.61. The normalized spacial score (nSPS) is 10.1. The molecule has 0 fully saturated rings. The molecule has 0 saturated carbocycles. The monoisotopic (exact) mass is 264 g/mol. The number of pyridine rings is 1. The lowest BCUT2D eigenvalue weighted by Gasteiger charge is -2.06. The van der Waals surface area contributed by atoms with Gasteiger partial charge in [-0.05, 0) is 12.1 Å². The van der Waals surface area contributed by atoms with Crippen molar-refractivity contribution in [1.82, 2.24) is 9.97 Å². The van der Waals surface area contributed by atoms with Crippen molar-refractivity contribution in [3.05, 3.63) is 40.6 Å². The highest BCUT2D eigenvalue weighted by atomic mass is 32.1. The number of nitrogens with zero attached hydrogens (tertiary/aromatic N) is 2. The summed E-state index contributed by atoms with van der Waals surface area (Å²) in [6.45, 7) is 0.828. The fourth-order valence-corrected chi connectivity index (χ4v) is 2.10. The summed E-state index contributed by atoms with van der Waals surface area (Å²) in [5.74, 6) is 0. The number of hydrogen-bond donors (Lipinski definition) is 2. The van der Waals surface area contributed by atoms with Crippen LogP contribution in [0.25, 0.3) is 0 Å². The van der Waals surface area contributed by atoms with Crippen LogP contribution in [0.5, 0.6) is 0 Å². The van der Waals surface area contributed by atoms with Crippen LogP contribution in [-0.4, -0.2) is 21.5 Å². The van der Waals surface area contributed by atoms with Gasteiger partial charge in [-0.3, -0.25) is 4.98 Å². The molecule has 2 aromatic heterocycles. The van der Waals surface area contributed by atoms with Crippen molar-refractivity contribution < 1.29 is 0 Å². The minimum Gasteiger partial charge on any atom is -0.388 e. The summed E-state index contributed by atoms with van der Waals surface area (Å²) in [7, 11) is 0. The van der Waals surface area contributed by atoms with E-state index in [2.05, 4.69) is 15.3 Å². The maximum atomic E-state index is 5.52. The van der Waals surface area contributed by atoms with Gasteiger partial charge < -0.3 is 11.1 Å². The molecule has 0 unspecified atom stereocenters. The highest BCUT2D eigenvalue weighted by Gasteiger charge is 2.00. The molecule has 0 radical (unpaired) electrons. The highest BCUT2D eigenvalue weighted by molar-refractivity contribution is 7.80. The van der Waals surface area contributed by atoms with Crippen molar-refractivity contribution in [3.8, 4) is 0 Å². The van der Waals surface area contributed by atoms with Crippen LogP contribution in [0.4, 0.5) is 5.69 Å². The molecule has 4 nitrogen and oxygen atoms in total. The lowest BCUT2D eigenvalue weighted by molar-refractivity contribution is 0.997. The molecule has 6 heteroatoms. The zero-order valence-corrected chi connectivity index (χ0v) is 10.7. The van der Waals surface area contributed by atoms with E-state index in [-0.39, 0.29) is 0 Å². The summed E-state index contributed by atoms with van der Waals surface area (Å²) in [6.07, 6.45) is 4.42. The predicted molar refractivity (Wildman–Crippen MR) is 74.4 cm³/mol. The highest BCUT2D eigenvalue weighted by Crippen LogP contribution is 2.09. The first-order chi connectivity index (χ1) is 8.25. The van der Waals surface area contributed by atoms with Gasteiger partial charge in [-0.2, -0.15) is 0 Å². The second-order valence-electron chi connectivity index (χ2n) is 3.40. The molecule has 0 bridgehead atoms. The summed E-state index contributed by atoms with van der Waals surface area (Å²) in [5.41, 5.74) is 7.13. The Labute approximate surface area is 109 Å². The Balaban J connectivity index is 1.90. The minimum atomic E-state index is 0.313. The number of nitrogens with one attached hydrogen (secondary N) is 1. The van der Waals surface area contributed by atoms with Crippen LogP contribution in [0.2, 0.25) is 0 Å². The Hall–Kier alpha value is -1.53. The zero-order chi connectivity index (χ0) is 12.1. The molecule has 0 amide bonds. The molecule has 0 aromatic carbocycles. The van der Waals surface area contributed by atoms with Crippen LogP contribution < -0.4 is 11.1 Å². The maximum Gasteiger partial charge on any atom is 0.122 e. The van der Waals surface area contributed by atoms with Crippen LogP contribution in [0.3, 0.4) is 0 Å². The van der Waals surface area contributed by atoms with Gasteiger partial charge in [0.25, 0.3) is 0 Å². The number of thiocarbonyl (C=S) groups is 1. The van der Waals surface area contributed by atoms with Crippen LogP contribution in [0, 0.1) is 0 Å². The molecule has 88 valence electrons. The molecule has 0 aliphatic heterocycles. The van der Waals surface area contributed by atoms with Crippen molar-refractivity contribution in [1.29, 1.82) is 0 Å². The average molecular weight is 264 g/mol. The first-order valence-corrected chi connectivity index (χ1v) is 6.42. The van der Waals surface area contributed by atoms with Crippen LogP contribution >= 0.6 is 23.6 Å². The Bertz CT molecular complexity index is 496. The molecule has 0 saturated heterocycles. The van der Waals surface area contributed by atoms with E-state index in [0.29, 0.717) is 10.7 Å². The quantitative estimate of drug-likeness (QED) is 0.807. The number of hydrogen-bond acceptors (Lipinski definition) is 5. The van der Waals surface area contributed by atoms with E-state index >= 15 is 0 Å². The first kappa shape index (κ1) is 11.9. The van der Waals surface area contributed by atoms with Crippen molar-refractivity contribution in [3.63, 3.8) is 0 Å². The molecule has 2 rings (SSSR count). The van der Waals surface area contributed by atoms with E-state index in [1.54, 1.807) is 17.5 Å². The van der Waals surface area contributed by atoms with Gasteiger partial charge in [0.15, 0.2) is 0 Å². The van der Waals surface area contributed by atoms with Gasteiger partial charge in [-0.15, -0.1) is 11.3 Å². The van der Waals surface area contributed by atoms with Gasteiger partial charge >= 0.3 is 0 Å². The molecule has 3 N–H and O–H groups in total. The minimum absolute atomic E-state index is 0.313. The van der Waals surface area contributed by atoms with Gasteiger partial charge in [-0.25, -0.2) is 4.98 Å². The van der Waals surface area contributed by atoms with Gasteiger partial charge in [0.1, 0.15) is 4.99 Å². The lowest BCUT2D eigenvalue weighted by Crippen LogP contribution is -2.12. The molecular weight excluding hydrogens is 252 g/mol. The fraction of sp³-hybridized carbons (Fsp3) is 0.182. The Kier molecular flexibility index (Phi) is 4.00. The maximum absolute atomic E-state index is 5.52. The van der Waals surface area contributed by atoms with Gasteiger partial charge in [0.2, 0.25) is 0 Å². The fourth-order valence-electron chi connectivity index (χ4n) is 1.37. The van der Waals surface area contributed by atoms with Crippen molar-refractivity contribution >= 4 is 34.2 Å². The van der Waals surface area contributed by atoms with E-state index in [4.69, 9.17) is 18.0 Å². The van der Waals surface area contributed by atoms with Crippen LogP contribution in [-0.2, 0) is 6.42 Å². The standard InChI is InChI=1S/C11H12N4S2/c12-11(16)9-7-8(1-3-14-9)13-4-2-10-15-5-6-17-10/h1,3,5-7H,2,4H2,(H2,12,16)(H,13,14). The largest absolute Gasteiger partial charge is 0.388 e. The third-order valence-corrected chi connectivity index (χ3v) is 3.21. The number of aromatic nitrogens is 2. The Morgan fingerprint density at radius 3 is 3.00 bits per heavy atom. The summed E-state index contributed by atoms with van der Waals surface area (Å²) in [5, 5.41) is 6.39.